The Morgan fingerprint density at radius 1 is 1.15 bits per heavy atom. The van der Waals surface area contributed by atoms with Crippen molar-refractivity contribution in [2.45, 2.75) is 58.8 Å². The van der Waals surface area contributed by atoms with Crippen molar-refractivity contribution in [2.24, 2.45) is 11.8 Å². The van der Waals surface area contributed by atoms with Crippen LogP contribution in [0.3, 0.4) is 0 Å². The molecule has 0 amide bonds. The summed E-state index contributed by atoms with van der Waals surface area (Å²) in [5.41, 5.74) is 3.58. The van der Waals surface area contributed by atoms with Gasteiger partial charge in [-0.15, -0.1) is 0 Å². The lowest BCUT2D eigenvalue weighted by molar-refractivity contribution is 0.543. The summed E-state index contributed by atoms with van der Waals surface area (Å²) in [7, 11) is 0. The van der Waals surface area contributed by atoms with E-state index in [-0.39, 0.29) is 5.41 Å². The number of rotatable bonds is 4. The maximum absolute atomic E-state index is 5.58. The molecular formula is C15H27N5. The maximum atomic E-state index is 5.58. The van der Waals surface area contributed by atoms with Crippen molar-refractivity contribution < 1.29 is 0 Å². The highest BCUT2D eigenvalue weighted by Gasteiger charge is 2.22. The number of nitrogens with zero attached hydrogens (tertiary/aromatic N) is 2. The van der Waals surface area contributed by atoms with Gasteiger partial charge in [0.25, 0.3) is 0 Å². The van der Waals surface area contributed by atoms with E-state index < -0.39 is 0 Å². The normalized spacial score (nSPS) is 16.4. The number of aromatic nitrogens is 2. The Labute approximate surface area is 121 Å². The Kier molecular flexibility index (Phi) is 4.48. The van der Waals surface area contributed by atoms with E-state index in [9.17, 15) is 0 Å². The summed E-state index contributed by atoms with van der Waals surface area (Å²) in [6.45, 7) is 9.32. The summed E-state index contributed by atoms with van der Waals surface area (Å²) in [6, 6.07) is 0. The highest BCUT2D eigenvalue weighted by Crippen LogP contribution is 2.28. The number of hydrogen-bond donors (Lipinski definition) is 3. The molecule has 0 unspecified atom stereocenters. The first-order chi connectivity index (χ1) is 9.41. The first-order valence-electron chi connectivity index (χ1n) is 7.51. The largest absolute Gasteiger partial charge is 0.369 e. The van der Waals surface area contributed by atoms with E-state index in [0.717, 1.165) is 29.7 Å². The number of nitrogen functional groups attached to an aromatic ring is 1. The van der Waals surface area contributed by atoms with Gasteiger partial charge in [-0.2, -0.15) is 0 Å². The number of hydrogen-bond acceptors (Lipinski definition) is 5. The molecular weight excluding hydrogens is 250 g/mol. The Hall–Kier alpha value is -1.36. The van der Waals surface area contributed by atoms with Crippen LogP contribution in [0.2, 0.25) is 0 Å². The van der Waals surface area contributed by atoms with Crippen LogP contribution >= 0.6 is 0 Å². The summed E-state index contributed by atoms with van der Waals surface area (Å²) >= 11 is 0. The van der Waals surface area contributed by atoms with Gasteiger partial charge in [0, 0.05) is 17.5 Å². The standard InChI is InChI=1S/C15H27N5/c1-10-12(17-9-11-7-5-6-8-11)18-14(15(2,3)4)19-13(10)20-16/h11H,5-9,16H2,1-4H3,(H2,17,18,19,20). The zero-order valence-corrected chi connectivity index (χ0v) is 13.1. The second kappa shape index (κ2) is 5.95. The molecule has 20 heavy (non-hydrogen) atoms. The molecule has 1 aromatic rings. The van der Waals surface area contributed by atoms with Crippen molar-refractivity contribution in [3.8, 4) is 0 Å². The van der Waals surface area contributed by atoms with E-state index in [2.05, 4.69) is 36.5 Å². The van der Waals surface area contributed by atoms with E-state index in [1.807, 2.05) is 6.92 Å². The van der Waals surface area contributed by atoms with Crippen molar-refractivity contribution >= 4 is 11.6 Å². The summed E-state index contributed by atoms with van der Waals surface area (Å²) in [6.07, 6.45) is 5.37. The molecule has 0 radical (unpaired) electrons. The minimum absolute atomic E-state index is 0.0942. The number of hydrazine groups is 1. The molecule has 0 atom stereocenters. The molecule has 0 aliphatic heterocycles. The van der Waals surface area contributed by atoms with E-state index in [0.29, 0.717) is 5.82 Å². The highest BCUT2D eigenvalue weighted by atomic mass is 15.3. The van der Waals surface area contributed by atoms with Crippen molar-refractivity contribution in [1.82, 2.24) is 9.97 Å². The van der Waals surface area contributed by atoms with Crippen LogP contribution in [-0.4, -0.2) is 16.5 Å². The van der Waals surface area contributed by atoms with Crippen LogP contribution in [0.5, 0.6) is 0 Å². The van der Waals surface area contributed by atoms with Crippen LogP contribution in [0, 0.1) is 12.8 Å². The zero-order valence-electron chi connectivity index (χ0n) is 13.1. The van der Waals surface area contributed by atoms with Crippen LogP contribution in [0.4, 0.5) is 11.6 Å². The van der Waals surface area contributed by atoms with Gasteiger partial charge in [-0.05, 0) is 25.7 Å². The fourth-order valence-electron chi connectivity index (χ4n) is 2.62. The average Bonchev–Trinajstić information content (AvgIpc) is 2.89. The Morgan fingerprint density at radius 2 is 1.75 bits per heavy atom. The number of nitrogens with one attached hydrogen (secondary N) is 2. The van der Waals surface area contributed by atoms with Crippen molar-refractivity contribution in [3.05, 3.63) is 11.4 Å². The third kappa shape index (κ3) is 3.39. The first-order valence-corrected chi connectivity index (χ1v) is 7.51. The maximum Gasteiger partial charge on any atom is 0.148 e. The molecule has 1 fully saturated rings. The van der Waals surface area contributed by atoms with Crippen molar-refractivity contribution in [3.63, 3.8) is 0 Å². The van der Waals surface area contributed by atoms with Crippen molar-refractivity contribution in [2.75, 3.05) is 17.3 Å². The van der Waals surface area contributed by atoms with Gasteiger partial charge in [0.2, 0.25) is 0 Å². The Balaban J connectivity index is 2.21. The SMILES string of the molecule is Cc1c(NN)nc(C(C)(C)C)nc1NCC1CCCC1. The minimum Gasteiger partial charge on any atom is -0.369 e. The predicted molar refractivity (Wildman–Crippen MR) is 83.7 cm³/mol. The van der Waals surface area contributed by atoms with E-state index >= 15 is 0 Å². The fraction of sp³-hybridized carbons (Fsp3) is 0.733. The molecule has 1 aliphatic rings. The fourth-order valence-corrected chi connectivity index (χ4v) is 2.62. The summed E-state index contributed by atoms with van der Waals surface area (Å²) in [5.74, 6) is 8.78. The molecule has 0 bridgehead atoms. The topological polar surface area (TPSA) is 75.9 Å². The van der Waals surface area contributed by atoms with Crippen molar-refractivity contribution in [1.29, 1.82) is 0 Å². The van der Waals surface area contributed by atoms with Crippen LogP contribution < -0.4 is 16.6 Å². The van der Waals surface area contributed by atoms with Gasteiger partial charge in [0.05, 0.1) is 0 Å². The third-order valence-electron chi connectivity index (χ3n) is 3.99. The van der Waals surface area contributed by atoms with Gasteiger partial charge in [-0.25, -0.2) is 15.8 Å². The van der Waals surface area contributed by atoms with Crippen LogP contribution in [0.25, 0.3) is 0 Å². The molecule has 1 aromatic heterocycles. The smallest absolute Gasteiger partial charge is 0.148 e. The highest BCUT2D eigenvalue weighted by molar-refractivity contribution is 5.57. The van der Waals surface area contributed by atoms with Gasteiger partial charge in [-0.3, -0.25) is 0 Å². The molecule has 5 nitrogen and oxygen atoms in total. The van der Waals surface area contributed by atoms with Gasteiger partial charge in [-0.1, -0.05) is 33.6 Å². The molecule has 2 rings (SSSR count). The summed E-state index contributed by atoms with van der Waals surface area (Å²) < 4.78 is 0. The minimum atomic E-state index is -0.0942. The lowest BCUT2D eigenvalue weighted by Gasteiger charge is -2.21. The molecule has 0 saturated heterocycles. The van der Waals surface area contributed by atoms with E-state index in [4.69, 9.17) is 10.8 Å². The number of nitrogens with two attached hydrogens (primary N) is 1. The zero-order chi connectivity index (χ0) is 14.8. The van der Waals surface area contributed by atoms with Crippen LogP contribution in [-0.2, 0) is 5.41 Å². The number of anilines is 2. The molecule has 1 heterocycles. The van der Waals surface area contributed by atoms with Crippen LogP contribution in [0.1, 0.15) is 57.8 Å². The predicted octanol–water partition coefficient (Wildman–Crippen LogP) is 2.97. The van der Waals surface area contributed by atoms with Gasteiger partial charge >= 0.3 is 0 Å². The molecule has 4 N–H and O–H groups in total. The Bertz CT molecular complexity index is 458. The molecule has 112 valence electrons. The first kappa shape index (κ1) is 15.0. The second-order valence-electron chi connectivity index (χ2n) is 6.80. The van der Waals surface area contributed by atoms with Gasteiger partial charge < -0.3 is 10.7 Å². The van der Waals surface area contributed by atoms with Gasteiger partial charge in [0.1, 0.15) is 17.5 Å². The lowest BCUT2D eigenvalue weighted by Crippen LogP contribution is -2.22. The molecule has 5 heteroatoms. The average molecular weight is 277 g/mol. The van der Waals surface area contributed by atoms with Gasteiger partial charge in [0.15, 0.2) is 0 Å². The molecule has 0 aromatic carbocycles. The molecule has 0 spiro atoms. The van der Waals surface area contributed by atoms with Crippen LogP contribution in [0.15, 0.2) is 0 Å². The quantitative estimate of drug-likeness (QED) is 0.582. The molecule has 1 aliphatic carbocycles. The molecule has 1 saturated carbocycles. The Morgan fingerprint density at radius 3 is 2.30 bits per heavy atom. The monoisotopic (exact) mass is 277 g/mol. The van der Waals surface area contributed by atoms with E-state index in [1.54, 1.807) is 0 Å². The summed E-state index contributed by atoms with van der Waals surface area (Å²) in [4.78, 5) is 9.21. The third-order valence-corrected chi connectivity index (χ3v) is 3.99. The van der Waals surface area contributed by atoms with E-state index in [1.165, 1.54) is 25.7 Å². The summed E-state index contributed by atoms with van der Waals surface area (Å²) in [5, 5.41) is 3.50. The second-order valence-corrected chi connectivity index (χ2v) is 6.80. The lowest BCUT2D eigenvalue weighted by atomic mass is 9.95.